The third-order valence-electron chi connectivity index (χ3n) is 3.76. The first-order valence-corrected chi connectivity index (χ1v) is 11.3. The van der Waals surface area contributed by atoms with Crippen LogP contribution in [0.4, 0.5) is 13.2 Å². The second-order valence-corrected chi connectivity index (χ2v) is 10.6. The fourth-order valence-electron chi connectivity index (χ4n) is 2.58. The predicted octanol–water partition coefficient (Wildman–Crippen LogP) is 4.11. The number of fused-ring (bicyclic) bond motifs is 1. The van der Waals surface area contributed by atoms with Crippen LogP contribution in [0.5, 0.6) is 0 Å². The maximum atomic E-state index is 13.1. The van der Waals surface area contributed by atoms with Crippen molar-refractivity contribution >= 4 is 56.3 Å². The number of aryl methyl sites for hydroxylation is 2. The molecule has 9 heteroatoms. The van der Waals surface area contributed by atoms with Crippen LogP contribution in [0.15, 0.2) is 52.0 Å². The van der Waals surface area contributed by atoms with Gasteiger partial charge in [-0.1, -0.05) is 0 Å². The fraction of sp³-hybridized carbons (Fsp3) is 0.176. The van der Waals surface area contributed by atoms with Gasteiger partial charge in [0, 0.05) is 0 Å². The molecule has 3 rings (SSSR count). The first-order chi connectivity index (χ1) is 12.0. The summed E-state index contributed by atoms with van der Waals surface area (Å²) in [6.45, 7) is 3.58. The van der Waals surface area contributed by atoms with Gasteiger partial charge in [-0.15, -0.1) is 0 Å². The van der Waals surface area contributed by atoms with Gasteiger partial charge < -0.3 is 0 Å². The van der Waals surface area contributed by atoms with Crippen molar-refractivity contribution in [3.05, 3.63) is 58.2 Å². The Balaban J connectivity index is 2.33. The van der Waals surface area contributed by atoms with Crippen LogP contribution in [0.25, 0.3) is 10.9 Å². The van der Waals surface area contributed by atoms with Crippen LogP contribution in [-0.4, -0.2) is 32.4 Å². The van der Waals surface area contributed by atoms with Crippen molar-refractivity contribution in [1.29, 1.82) is 0 Å². The summed E-state index contributed by atoms with van der Waals surface area (Å²) in [6, 6.07) is 11.0. The van der Waals surface area contributed by atoms with E-state index in [1.807, 2.05) is 6.92 Å². The van der Waals surface area contributed by atoms with Crippen LogP contribution < -0.4 is 4.46 Å². The van der Waals surface area contributed by atoms with Crippen LogP contribution in [0.3, 0.4) is 0 Å². The summed E-state index contributed by atoms with van der Waals surface area (Å²) in [6.07, 6.45) is 0. The molecule has 0 aliphatic rings. The molecule has 3 nitrogen and oxygen atoms in total. The summed E-state index contributed by atoms with van der Waals surface area (Å²) >= 11 is 1.24. The van der Waals surface area contributed by atoms with Gasteiger partial charge in [-0.05, 0) is 0 Å². The number of benzene rings is 2. The molecule has 0 radical (unpaired) electrons. The number of alkyl halides is 3. The van der Waals surface area contributed by atoms with Crippen molar-refractivity contribution in [2.45, 2.75) is 23.8 Å². The van der Waals surface area contributed by atoms with Crippen LogP contribution in [0.1, 0.15) is 11.1 Å². The first-order valence-electron chi connectivity index (χ1n) is 7.39. The second kappa shape index (κ2) is 6.71. The Kier molecular flexibility index (Phi) is 5.03. The number of nitrogens with zero attached hydrogens (tertiary/aromatic N) is 1. The molecule has 0 aliphatic carbocycles. The van der Waals surface area contributed by atoms with Crippen LogP contribution in [0.2, 0.25) is 0 Å². The average Bonchev–Trinajstić information content (AvgIpc) is 2.79. The SMILES string of the molecule is Cc1ccc(S(=O)(=O)n2c(Br)c([Se]C(F)(F)F)c3cc(C)ccc32)cc1. The van der Waals surface area contributed by atoms with E-state index in [4.69, 9.17) is 0 Å². The quantitative estimate of drug-likeness (QED) is 0.497. The normalized spacial score (nSPS) is 12.7. The van der Waals surface area contributed by atoms with Gasteiger partial charge in [-0.25, -0.2) is 0 Å². The molecule has 0 saturated carbocycles. The van der Waals surface area contributed by atoms with E-state index in [1.54, 1.807) is 31.2 Å². The van der Waals surface area contributed by atoms with E-state index in [9.17, 15) is 21.6 Å². The van der Waals surface area contributed by atoms with Crippen molar-refractivity contribution in [1.82, 2.24) is 3.97 Å². The number of hydrogen-bond donors (Lipinski definition) is 0. The summed E-state index contributed by atoms with van der Waals surface area (Å²) in [5.41, 5.74) is 1.87. The zero-order valence-corrected chi connectivity index (χ0v) is 17.7. The molecule has 0 amide bonds. The number of halogens is 4. The van der Waals surface area contributed by atoms with Crippen molar-refractivity contribution in [2.24, 2.45) is 0 Å². The Morgan fingerprint density at radius 2 is 1.58 bits per heavy atom. The van der Waals surface area contributed by atoms with Crippen LogP contribution >= 0.6 is 15.9 Å². The Hall–Kier alpha value is -1.28. The Bertz CT molecular complexity index is 1090. The molecule has 0 aliphatic heterocycles. The Labute approximate surface area is 163 Å². The molecular weight excluding hydrogens is 498 g/mol. The summed E-state index contributed by atoms with van der Waals surface area (Å²) in [7, 11) is -4.05. The van der Waals surface area contributed by atoms with Gasteiger partial charge >= 0.3 is 164 Å². The molecule has 0 saturated heterocycles. The summed E-state index contributed by atoms with van der Waals surface area (Å²) in [5, 5.41) is -4.10. The average molecular weight is 511 g/mol. The second-order valence-electron chi connectivity index (χ2n) is 5.77. The zero-order valence-electron chi connectivity index (χ0n) is 13.6. The molecule has 1 heterocycles. The van der Waals surface area contributed by atoms with Crippen molar-refractivity contribution < 1.29 is 21.6 Å². The van der Waals surface area contributed by atoms with E-state index < -0.39 is 30.1 Å². The van der Waals surface area contributed by atoms with Gasteiger partial charge in [0.1, 0.15) is 0 Å². The molecule has 2 aromatic carbocycles. The van der Waals surface area contributed by atoms with Gasteiger partial charge in [0.15, 0.2) is 0 Å². The van der Waals surface area contributed by atoms with E-state index >= 15 is 0 Å². The van der Waals surface area contributed by atoms with Gasteiger partial charge in [-0.2, -0.15) is 0 Å². The predicted molar refractivity (Wildman–Crippen MR) is 99.6 cm³/mol. The maximum absolute atomic E-state index is 13.1. The van der Waals surface area contributed by atoms with E-state index in [2.05, 4.69) is 15.9 Å². The molecule has 0 atom stereocenters. The molecule has 138 valence electrons. The van der Waals surface area contributed by atoms with Crippen molar-refractivity contribution in [3.63, 3.8) is 0 Å². The molecular formula is C17H13BrF3NO2SSe. The molecule has 26 heavy (non-hydrogen) atoms. The van der Waals surface area contributed by atoms with E-state index in [1.165, 1.54) is 18.2 Å². The molecule has 0 bridgehead atoms. The number of aromatic nitrogens is 1. The van der Waals surface area contributed by atoms with Gasteiger partial charge in [0.2, 0.25) is 0 Å². The molecule has 0 spiro atoms. The van der Waals surface area contributed by atoms with Crippen LogP contribution in [-0.2, 0) is 10.0 Å². The summed E-state index contributed by atoms with van der Waals surface area (Å²) in [5.74, 6) is 0. The number of rotatable bonds is 3. The Morgan fingerprint density at radius 3 is 2.15 bits per heavy atom. The zero-order chi connectivity index (χ0) is 19.3. The minimum atomic E-state index is -4.40. The van der Waals surface area contributed by atoms with E-state index in [-0.39, 0.29) is 19.5 Å². The number of hydrogen-bond acceptors (Lipinski definition) is 2. The standard InChI is InChI=1S/C17H13BrF3NO2SSe/c1-10-3-6-12(7-4-10)25(23,24)22-14-8-5-11(2)9-13(14)15(16(22)18)26-17(19,20)21/h3-9H,1-2H3. The van der Waals surface area contributed by atoms with E-state index in [0.29, 0.717) is 5.39 Å². The molecule has 3 aromatic rings. The van der Waals surface area contributed by atoms with Crippen molar-refractivity contribution in [2.75, 3.05) is 0 Å². The van der Waals surface area contributed by atoms with Crippen molar-refractivity contribution in [3.8, 4) is 0 Å². The topological polar surface area (TPSA) is 39.1 Å². The molecule has 0 unspecified atom stereocenters. The van der Waals surface area contributed by atoms with Gasteiger partial charge in [-0.3, -0.25) is 0 Å². The van der Waals surface area contributed by atoms with Gasteiger partial charge in [0.25, 0.3) is 0 Å². The minimum absolute atomic E-state index is 0.0207. The van der Waals surface area contributed by atoms with Crippen LogP contribution in [0, 0.1) is 13.8 Å². The Morgan fingerprint density at radius 1 is 1.00 bits per heavy atom. The monoisotopic (exact) mass is 511 g/mol. The molecule has 0 N–H and O–H groups in total. The molecule has 1 aromatic heterocycles. The fourth-order valence-corrected chi connectivity index (χ4v) is 6.95. The third kappa shape index (κ3) is 3.58. The van der Waals surface area contributed by atoms with E-state index in [0.717, 1.165) is 15.1 Å². The summed E-state index contributed by atoms with van der Waals surface area (Å²) in [4.78, 5) is 0.0207. The molecule has 0 fully saturated rings. The first kappa shape index (κ1) is 19.5. The van der Waals surface area contributed by atoms with Gasteiger partial charge in [0.05, 0.1) is 0 Å². The third-order valence-corrected chi connectivity index (χ3v) is 8.84. The summed E-state index contributed by atoms with van der Waals surface area (Å²) < 4.78 is 66.3.